The highest BCUT2D eigenvalue weighted by Crippen LogP contribution is 2.18. The number of anilines is 1. The monoisotopic (exact) mass is 221 g/mol. The Hall–Kier alpha value is -2.11. The van der Waals surface area contributed by atoms with E-state index < -0.39 is 4.92 Å². The molecule has 0 aromatic heterocycles. The number of carbonyl (C=O) groups is 1. The molecule has 1 amide bonds. The second-order valence-corrected chi connectivity index (χ2v) is 3.66. The predicted molar refractivity (Wildman–Crippen MR) is 58.1 cm³/mol. The number of carbonyl (C=O) groups excluding carboxylic acids is 1. The number of nitro groups is 1. The van der Waals surface area contributed by atoms with Crippen molar-refractivity contribution in [3.8, 4) is 0 Å². The molecule has 2 rings (SSSR count). The molecule has 16 heavy (non-hydrogen) atoms. The SMILES string of the molecule is O=C1CC(Nc2cccc([N+](=O)[O-])c2)CN1. The molecule has 84 valence electrons. The molecule has 6 heteroatoms. The fourth-order valence-electron chi connectivity index (χ4n) is 1.65. The summed E-state index contributed by atoms with van der Waals surface area (Å²) < 4.78 is 0. The molecule has 1 heterocycles. The number of non-ortho nitro benzene ring substituents is 1. The van der Waals surface area contributed by atoms with Crippen molar-refractivity contribution in [1.82, 2.24) is 5.32 Å². The van der Waals surface area contributed by atoms with Gasteiger partial charge in [0.05, 0.1) is 11.0 Å². The van der Waals surface area contributed by atoms with E-state index in [-0.39, 0.29) is 17.6 Å². The molecular weight excluding hydrogens is 210 g/mol. The van der Waals surface area contributed by atoms with Crippen molar-refractivity contribution < 1.29 is 9.72 Å². The zero-order chi connectivity index (χ0) is 11.5. The fourth-order valence-corrected chi connectivity index (χ4v) is 1.65. The molecule has 1 saturated heterocycles. The topological polar surface area (TPSA) is 84.3 Å². The highest BCUT2D eigenvalue weighted by atomic mass is 16.6. The Morgan fingerprint density at radius 1 is 1.50 bits per heavy atom. The van der Waals surface area contributed by atoms with Gasteiger partial charge in [0.15, 0.2) is 0 Å². The number of hydrogen-bond donors (Lipinski definition) is 2. The molecule has 1 aliphatic rings. The van der Waals surface area contributed by atoms with Gasteiger partial charge >= 0.3 is 0 Å². The minimum Gasteiger partial charge on any atom is -0.380 e. The molecular formula is C10H11N3O3. The van der Waals surface area contributed by atoms with Crippen LogP contribution in [0.3, 0.4) is 0 Å². The van der Waals surface area contributed by atoms with Crippen LogP contribution in [0.25, 0.3) is 0 Å². The molecule has 6 nitrogen and oxygen atoms in total. The Labute approximate surface area is 91.8 Å². The summed E-state index contributed by atoms with van der Waals surface area (Å²) in [6.45, 7) is 0.557. The van der Waals surface area contributed by atoms with Gasteiger partial charge in [0, 0.05) is 30.8 Å². The highest BCUT2D eigenvalue weighted by molar-refractivity contribution is 5.79. The number of hydrogen-bond acceptors (Lipinski definition) is 4. The van der Waals surface area contributed by atoms with Crippen molar-refractivity contribution in [3.05, 3.63) is 34.4 Å². The highest BCUT2D eigenvalue weighted by Gasteiger charge is 2.21. The maximum Gasteiger partial charge on any atom is 0.271 e. The third-order valence-electron chi connectivity index (χ3n) is 2.41. The van der Waals surface area contributed by atoms with Gasteiger partial charge in [-0.25, -0.2) is 0 Å². The average molecular weight is 221 g/mol. The Morgan fingerprint density at radius 3 is 2.94 bits per heavy atom. The van der Waals surface area contributed by atoms with Crippen LogP contribution < -0.4 is 10.6 Å². The number of nitro benzene ring substituents is 1. The quantitative estimate of drug-likeness (QED) is 0.586. The first-order valence-corrected chi connectivity index (χ1v) is 4.93. The van der Waals surface area contributed by atoms with Crippen LogP contribution in [0.2, 0.25) is 0 Å². The standard InChI is InChI=1S/C10H11N3O3/c14-10-5-8(6-11-10)12-7-2-1-3-9(4-7)13(15)16/h1-4,8,12H,5-6H2,(H,11,14). The third kappa shape index (κ3) is 2.28. The van der Waals surface area contributed by atoms with Crippen molar-refractivity contribution >= 4 is 17.3 Å². The van der Waals surface area contributed by atoms with Gasteiger partial charge in [0.25, 0.3) is 5.69 Å². The molecule has 1 aliphatic heterocycles. The first-order chi connectivity index (χ1) is 7.65. The van der Waals surface area contributed by atoms with Gasteiger partial charge in [-0.1, -0.05) is 6.07 Å². The van der Waals surface area contributed by atoms with E-state index in [0.717, 1.165) is 0 Å². The van der Waals surface area contributed by atoms with Gasteiger partial charge in [0.2, 0.25) is 5.91 Å². The largest absolute Gasteiger partial charge is 0.380 e. The molecule has 0 saturated carbocycles. The first-order valence-electron chi connectivity index (χ1n) is 4.93. The normalized spacial score (nSPS) is 19.2. The molecule has 1 aromatic carbocycles. The predicted octanol–water partition coefficient (Wildman–Crippen LogP) is 0.895. The number of nitrogens with one attached hydrogen (secondary N) is 2. The molecule has 0 bridgehead atoms. The van der Waals surface area contributed by atoms with Crippen LogP contribution in [-0.2, 0) is 4.79 Å². The van der Waals surface area contributed by atoms with Crippen molar-refractivity contribution in [1.29, 1.82) is 0 Å². The number of benzene rings is 1. The van der Waals surface area contributed by atoms with E-state index in [1.807, 2.05) is 0 Å². The lowest BCUT2D eigenvalue weighted by molar-refractivity contribution is -0.384. The van der Waals surface area contributed by atoms with E-state index in [4.69, 9.17) is 0 Å². The Balaban J connectivity index is 2.07. The lowest BCUT2D eigenvalue weighted by Crippen LogP contribution is -2.22. The van der Waals surface area contributed by atoms with Crippen LogP contribution in [0.4, 0.5) is 11.4 Å². The number of nitrogens with zero attached hydrogens (tertiary/aromatic N) is 1. The summed E-state index contributed by atoms with van der Waals surface area (Å²) in [5.74, 6) is 0.00271. The fraction of sp³-hybridized carbons (Fsp3) is 0.300. The number of rotatable bonds is 3. The molecule has 1 atom stereocenters. The lowest BCUT2D eigenvalue weighted by Gasteiger charge is -2.11. The lowest BCUT2D eigenvalue weighted by atomic mass is 10.2. The molecule has 2 N–H and O–H groups in total. The minimum absolute atomic E-state index is 0.00271. The number of amides is 1. The minimum atomic E-state index is -0.441. The van der Waals surface area contributed by atoms with E-state index >= 15 is 0 Å². The van der Waals surface area contributed by atoms with Crippen LogP contribution in [0.5, 0.6) is 0 Å². The second kappa shape index (κ2) is 4.18. The zero-order valence-corrected chi connectivity index (χ0v) is 8.47. The van der Waals surface area contributed by atoms with E-state index in [1.165, 1.54) is 12.1 Å². The van der Waals surface area contributed by atoms with E-state index in [0.29, 0.717) is 18.7 Å². The van der Waals surface area contributed by atoms with Crippen LogP contribution in [0.1, 0.15) is 6.42 Å². The summed E-state index contributed by atoms with van der Waals surface area (Å²) >= 11 is 0. The molecule has 1 unspecified atom stereocenters. The van der Waals surface area contributed by atoms with Crippen LogP contribution in [0, 0.1) is 10.1 Å². The summed E-state index contributed by atoms with van der Waals surface area (Å²) in [4.78, 5) is 21.1. The molecule has 1 fully saturated rings. The van der Waals surface area contributed by atoms with Gasteiger partial charge in [-0.15, -0.1) is 0 Å². The zero-order valence-electron chi connectivity index (χ0n) is 8.47. The van der Waals surface area contributed by atoms with Gasteiger partial charge < -0.3 is 10.6 Å². The molecule has 1 aromatic rings. The molecule has 0 aliphatic carbocycles. The van der Waals surface area contributed by atoms with Gasteiger partial charge in [-0.3, -0.25) is 14.9 Å². The Kier molecular flexibility index (Phi) is 2.72. The van der Waals surface area contributed by atoms with Gasteiger partial charge in [-0.05, 0) is 6.07 Å². The molecule has 0 spiro atoms. The van der Waals surface area contributed by atoms with E-state index in [1.54, 1.807) is 12.1 Å². The van der Waals surface area contributed by atoms with Crippen molar-refractivity contribution in [2.45, 2.75) is 12.5 Å². The summed E-state index contributed by atoms with van der Waals surface area (Å²) in [6, 6.07) is 6.27. The van der Waals surface area contributed by atoms with Crippen molar-refractivity contribution in [2.24, 2.45) is 0 Å². The Morgan fingerprint density at radius 2 is 2.31 bits per heavy atom. The summed E-state index contributed by atoms with van der Waals surface area (Å²) in [5, 5.41) is 16.3. The third-order valence-corrected chi connectivity index (χ3v) is 2.41. The van der Waals surface area contributed by atoms with Gasteiger partial charge in [0.1, 0.15) is 0 Å². The van der Waals surface area contributed by atoms with Gasteiger partial charge in [-0.2, -0.15) is 0 Å². The van der Waals surface area contributed by atoms with Crippen LogP contribution >= 0.6 is 0 Å². The Bertz CT molecular complexity index is 433. The summed E-state index contributed by atoms with van der Waals surface area (Å²) in [7, 11) is 0. The summed E-state index contributed by atoms with van der Waals surface area (Å²) in [6.07, 6.45) is 0.405. The van der Waals surface area contributed by atoms with E-state index in [9.17, 15) is 14.9 Å². The second-order valence-electron chi connectivity index (χ2n) is 3.66. The first kappa shape index (κ1) is 10.4. The van der Waals surface area contributed by atoms with Crippen LogP contribution in [-0.4, -0.2) is 23.4 Å². The maximum atomic E-state index is 11.0. The van der Waals surface area contributed by atoms with E-state index in [2.05, 4.69) is 10.6 Å². The van der Waals surface area contributed by atoms with Crippen molar-refractivity contribution in [3.63, 3.8) is 0 Å². The van der Waals surface area contributed by atoms with Crippen LogP contribution in [0.15, 0.2) is 24.3 Å². The smallest absolute Gasteiger partial charge is 0.271 e. The average Bonchev–Trinajstić information content (AvgIpc) is 2.64. The summed E-state index contributed by atoms with van der Waals surface area (Å²) in [5.41, 5.74) is 0.706. The van der Waals surface area contributed by atoms with Crippen molar-refractivity contribution in [2.75, 3.05) is 11.9 Å². The molecule has 0 radical (unpaired) electrons. The maximum absolute atomic E-state index is 11.0.